The lowest BCUT2D eigenvalue weighted by Gasteiger charge is -2.31. The minimum absolute atomic E-state index is 0.169. The summed E-state index contributed by atoms with van der Waals surface area (Å²) < 4.78 is 6.43. The standard InChI is InChI=1S/C33H26N2O3/c36-31(37)22-35(21-23-11-3-1-4-12-23)33(30-20-26-16-8-10-18-29(26)38-30)27-19-25-15-7-9-17-28(25)34-32(27)24-13-5-2-6-14-24/h1-20,33H,21-22H2,(H,36,37). The molecule has 0 aliphatic carbocycles. The fourth-order valence-corrected chi connectivity index (χ4v) is 5.07. The summed E-state index contributed by atoms with van der Waals surface area (Å²) in [5, 5.41) is 12.0. The maximum atomic E-state index is 12.2. The molecule has 2 heterocycles. The minimum atomic E-state index is -0.906. The lowest BCUT2D eigenvalue weighted by atomic mass is 9.94. The van der Waals surface area contributed by atoms with Gasteiger partial charge in [0.15, 0.2) is 0 Å². The summed E-state index contributed by atoms with van der Waals surface area (Å²) in [5.74, 6) is -0.227. The second-order valence-corrected chi connectivity index (χ2v) is 9.36. The Kier molecular flexibility index (Phi) is 6.42. The Hall–Kier alpha value is -4.74. The van der Waals surface area contributed by atoms with E-state index in [1.807, 2.05) is 120 Å². The predicted molar refractivity (Wildman–Crippen MR) is 150 cm³/mol. The number of aliphatic carboxylic acids is 1. The first-order valence-electron chi connectivity index (χ1n) is 12.6. The first kappa shape index (κ1) is 23.6. The van der Waals surface area contributed by atoms with Gasteiger partial charge in [0.05, 0.1) is 23.8 Å². The number of rotatable bonds is 8. The fraction of sp³-hybridized carbons (Fsp3) is 0.0909. The van der Waals surface area contributed by atoms with Crippen molar-refractivity contribution in [3.05, 3.63) is 138 Å². The number of carbonyl (C=O) groups is 1. The van der Waals surface area contributed by atoms with Crippen molar-refractivity contribution in [1.29, 1.82) is 0 Å². The van der Waals surface area contributed by atoms with E-state index in [9.17, 15) is 9.90 Å². The van der Waals surface area contributed by atoms with E-state index in [0.29, 0.717) is 12.3 Å². The van der Waals surface area contributed by atoms with Crippen molar-refractivity contribution < 1.29 is 14.3 Å². The van der Waals surface area contributed by atoms with Crippen LogP contribution in [-0.4, -0.2) is 27.5 Å². The normalized spacial score (nSPS) is 12.2. The number of para-hydroxylation sites is 2. The first-order chi connectivity index (χ1) is 18.7. The van der Waals surface area contributed by atoms with Crippen LogP contribution >= 0.6 is 0 Å². The summed E-state index contributed by atoms with van der Waals surface area (Å²) in [4.78, 5) is 19.3. The van der Waals surface area contributed by atoms with E-state index in [1.54, 1.807) is 0 Å². The summed E-state index contributed by atoms with van der Waals surface area (Å²) >= 11 is 0. The lowest BCUT2D eigenvalue weighted by Crippen LogP contribution is -2.34. The Bertz CT molecular complexity index is 1680. The molecule has 0 spiro atoms. The summed E-state index contributed by atoms with van der Waals surface area (Å²) in [7, 11) is 0. The fourth-order valence-electron chi connectivity index (χ4n) is 5.07. The van der Waals surface area contributed by atoms with Gasteiger partial charge in [0, 0.05) is 28.4 Å². The van der Waals surface area contributed by atoms with Crippen LogP contribution in [-0.2, 0) is 11.3 Å². The van der Waals surface area contributed by atoms with Crippen LogP contribution in [0.15, 0.2) is 126 Å². The van der Waals surface area contributed by atoms with Crippen LogP contribution in [0.3, 0.4) is 0 Å². The molecular formula is C33H26N2O3. The summed E-state index contributed by atoms with van der Waals surface area (Å²) in [6.45, 7) is 0.258. The zero-order valence-electron chi connectivity index (χ0n) is 20.7. The van der Waals surface area contributed by atoms with Crippen molar-refractivity contribution in [3.63, 3.8) is 0 Å². The smallest absolute Gasteiger partial charge is 0.317 e. The summed E-state index contributed by atoms with van der Waals surface area (Å²) in [6.07, 6.45) is 0. The highest BCUT2D eigenvalue weighted by atomic mass is 16.4. The number of furan rings is 1. The van der Waals surface area contributed by atoms with Gasteiger partial charge in [-0.3, -0.25) is 9.69 Å². The zero-order valence-corrected chi connectivity index (χ0v) is 20.7. The monoisotopic (exact) mass is 498 g/mol. The molecule has 0 saturated heterocycles. The third-order valence-corrected chi connectivity index (χ3v) is 6.74. The Morgan fingerprint density at radius 2 is 1.45 bits per heavy atom. The molecule has 5 heteroatoms. The molecule has 0 bridgehead atoms. The second-order valence-electron chi connectivity index (χ2n) is 9.36. The van der Waals surface area contributed by atoms with E-state index in [-0.39, 0.29) is 6.54 Å². The van der Waals surface area contributed by atoms with Crippen molar-refractivity contribution in [2.45, 2.75) is 12.6 Å². The SMILES string of the molecule is O=C(O)CN(Cc1ccccc1)C(c1cc2ccccc2o1)c1cc2ccccc2nc1-c1ccccc1. The van der Waals surface area contributed by atoms with Crippen LogP contribution in [0.1, 0.15) is 22.9 Å². The van der Waals surface area contributed by atoms with Crippen LogP contribution in [0.25, 0.3) is 33.1 Å². The molecular weight excluding hydrogens is 472 g/mol. The van der Waals surface area contributed by atoms with Gasteiger partial charge in [-0.25, -0.2) is 4.98 Å². The Balaban J connectivity index is 1.62. The summed E-state index contributed by atoms with van der Waals surface area (Å²) in [5.41, 5.74) is 5.32. The minimum Gasteiger partial charge on any atom is -0.480 e. The number of aromatic nitrogens is 1. The third-order valence-electron chi connectivity index (χ3n) is 6.74. The van der Waals surface area contributed by atoms with E-state index >= 15 is 0 Å². The van der Waals surface area contributed by atoms with E-state index in [0.717, 1.165) is 44.3 Å². The van der Waals surface area contributed by atoms with Gasteiger partial charge in [0.1, 0.15) is 11.3 Å². The molecule has 6 aromatic rings. The second kappa shape index (κ2) is 10.3. The Morgan fingerprint density at radius 1 is 0.789 bits per heavy atom. The van der Waals surface area contributed by atoms with Gasteiger partial charge >= 0.3 is 5.97 Å². The molecule has 1 atom stereocenters. The molecule has 0 amide bonds. The number of carboxylic acids is 1. The zero-order chi connectivity index (χ0) is 25.9. The maximum absolute atomic E-state index is 12.2. The number of fused-ring (bicyclic) bond motifs is 2. The molecule has 0 fully saturated rings. The Labute approximate surface area is 220 Å². The van der Waals surface area contributed by atoms with E-state index in [2.05, 4.69) is 6.07 Å². The van der Waals surface area contributed by atoms with Gasteiger partial charge in [-0.1, -0.05) is 97.1 Å². The number of hydrogen-bond donors (Lipinski definition) is 1. The van der Waals surface area contributed by atoms with Crippen molar-refractivity contribution in [2.75, 3.05) is 6.54 Å². The van der Waals surface area contributed by atoms with Crippen LogP contribution in [0.2, 0.25) is 0 Å². The average molecular weight is 499 g/mol. The van der Waals surface area contributed by atoms with Crippen LogP contribution < -0.4 is 0 Å². The van der Waals surface area contributed by atoms with E-state index < -0.39 is 12.0 Å². The highest BCUT2D eigenvalue weighted by molar-refractivity contribution is 5.84. The number of benzene rings is 4. The van der Waals surface area contributed by atoms with Crippen molar-refractivity contribution in [2.24, 2.45) is 0 Å². The Morgan fingerprint density at radius 3 is 2.18 bits per heavy atom. The van der Waals surface area contributed by atoms with Gasteiger partial charge in [-0.05, 0) is 29.8 Å². The van der Waals surface area contributed by atoms with Crippen molar-refractivity contribution in [1.82, 2.24) is 9.88 Å². The molecule has 0 radical (unpaired) electrons. The average Bonchev–Trinajstić information content (AvgIpc) is 3.37. The topological polar surface area (TPSA) is 66.6 Å². The third kappa shape index (κ3) is 4.80. The van der Waals surface area contributed by atoms with Gasteiger partial charge in [-0.15, -0.1) is 0 Å². The van der Waals surface area contributed by atoms with Crippen LogP contribution in [0, 0.1) is 0 Å². The molecule has 186 valence electrons. The number of hydrogen-bond acceptors (Lipinski definition) is 4. The van der Waals surface area contributed by atoms with E-state index in [4.69, 9.17) is 9.40 Å². The van der Waals surface area contributed by atoms with Gasteiger partial charge < -0.3 is 9.52 Å². The van der Waals surface area contributed by atoms with Crippen molar-refractivity contribution >= 4 is 27.8 Å². The molecule has 0 saturated carbocycles. The quantitative estimate of drug-likeness (QED) is 0.238. The van der Waals surface area contributed by atoms with Crippen LogP contribution in [0.4, 0.5) is 0 Å². The van der Waals surface area contributed by atoms with Crippen molar-refractivity contribution in [3.8, 4) is 11.3 Å². The highest BCUT2D eigenvalue weighted by Gasteiger charge is 2.31. The number of carboxylic acid groups (broad SMARTS) is 1. The predicted octanol–water partition coefficient (Wildman–Crippen LogP) is 7.32. The molecule has 38 heavy (non-hydrogen) atoms. The molecule has 1 N–H and O–H groups in total. The highest BCUT2D eigenvalue weighted by Crippen LogP contribution is 2.39. The molecule has 0 aliphatic rings. The molecule has 2 aromatic heterocycles. The first-order valence-corrected chi connectivity index (χ1v) is 12.6. The molecule has 0 aliphatic heterocycles. The summed E-state index contributed by atoms with van der Waals surface area (Å²) in [6, 6.07) is 39.5. The van der Waals surface area contributed by atoms with Gasteiger partial charge in [-0.2, -0.15) is 0 Å². The maximum Gasteiger partial charge on any atom is 0.317 e. The molecule has 4 aromatic carbocycles. The van der Waals surface area contributed by atoms with Gasteiger partial charge in [0.25, 0.3) is 0 Å². The van der Waals surface area contributed by atoms with E-state index in [1.165, 1.54) is 0 Å². The van der Waals surface area contributed by atoms with Crippen LogP contribution in [0.5, 0.6) is 0 Å². The number of nitrogens with zero attached hydrogens (tertiary/aromatic N) is 2. The number of pyridine rings is 1. The largest absolute Gasteiger partial charge is 0.480 e. The van der Waals surface area contributed by atoms with Gasteiger partial charge in [0.2, 0.25) is 0 Å². The molecule has 6 rings (SSSR count). The molecule has 5 nitrogen and oxygen atoms in total. The lowest BCUT2D eigenvalue weighted by molar-refractivity contribution is -0.139. The molecule has 1 unspecified atom stereocenters.